The van der Waals surface area contributed by atoms with Crippen molar-refractivity contribution in [1.82, 2.24) is 0 Å². The Labute approximate surface area is 439 Å². The molecule has 0 aliphatic carbocycles. The van der Waals surface area contributed by atoms with Crippen LogP contribution in [0.5, 0.6) is 0 Å². The van der Waals surface area contributed by atoms with Crippen molar-refractivity contribution < 1.29 is 179 Å². The summed E-state index contributed by atoms with van der Waals surface area (Å²) in [6.07, 6.45) is -61.7. The highest BCUT2D eigenvalue weighted by Crippen LogP contribution is 2.37. The molecule has 36 nitrogen and oxygen atoms in total. The summed E-state index contributed by atoms with van der Waals surface area (Å²) in [5.41, 5.74) is 0. The van der Waals surface area contributed by atoms with E-state index in [9.17, 15) is 117 Å². The fourth-order valence-corrected chi connectivity index (χ4v) is 9.54. The summed E-state index contributed by atoms with van der Waals surface area (Å²) in [5.74, 6) is -2.52. The molecule has 0 amide bonds. The van der Waals surface area contributed by atoms with Gasteiger partial charge in [0.25, 0.3) is 0 Å². The van der Waals surface area contributed by atoms with Gasteiger partial charge in [-0.1, -0.05) is 0 Å². The van der Waals surface area contributed by atoms with Crippen molar-refractivity contribution in [2.75, 3.05) is 52.9 Å². The lowest BCUT2D eigenvalue weighted by atomic mass is 9.97. The van der Waals surface area contributed by atoms with E-state index in [0.717, 1.165) is 0 Å². The van der Waals surface area contributed by atoms with Crippen molar-refractivity contribution >= 4 is 0 Å². The molecular weight excluding hydrogens is 1080 g/mol. The van der Waals surface area contributed by atoms with Crippen molar-refractivity contribution in [1.29, 1.82) is 0 Å². The molecule has 456 valence electrons. The third kappa shape index (κ3) is 13.2. The first-order valence-electron chi connectivity index (χ1n) is 24.6. The van der Waals surface area contributed by atoms with E-state index in [2.05, 4.69) is 0 Å². The second kappa shape index (κ2) is 27.1. The lowest BCUT2D eigenvalue weighted by molar-refractivity contribution is -0.388. The largest absolute Gasteiger partial charge is 0.394 e. The van der Waals surface area contributed by atoms with Gasteiger partial charge in [0, 0.05) is 0 Å². The smallest absolute Gasteiger partial charge is 0.224 e. The minimum atomic E-state index is -2.52. The van der Waals surface area contributed by atoms with Gasteiger partial charge in [-0.05, 0) is 0 Å². The van der Waals surface area contributed by atoms with Crippen molar-refractivity contribution in [2.45, 2.75) is 208 Å². The average Bonchev–Trinajstić information content (AvgIpc) is 3.73. The quantitative estimate of drug-likeness (QED) is 0.0538. The van der Waals surface area contributed by atoms with Crippen LogP contribution in [0.4, 0.5) is 0 Å². The van der Waals surface area contributed by atoms with Gasteiger partial charge in [-0.3, -0.25) is 0 Å². The topological polar surface area (TPSA) is 585 Å². The Kier molecular flexibility index (Phi) is 22.3. The minimum Gasteiger partial charge on any atom is -0.394 e. The number of hydrogen-bond acceptors (Lipinski definition) is 36. The molecular formula is C42H72O36. The monoisotopic (exact) mass is 1150 g/mol. The molecule has 34 atom stereocenters. The van der Waals surface area contributed by atoms with Crippen LogP contribution in [0.25, 0.3) is 0 Å². The fourth-order valence-electron chi connectivity index (χ4n) is 9.54. The van der Waals surface area contributed by atoms with Gasteiger partial charge in [-0.15, -0.1) is 0 Å². The van der Waals surface area contributed by atoms with Crippen molar-refractivity contribution in [2.24, 2.45) is 0 Å². The molecule has 23 N–H and O–H groups in total. The Morgan fingerprint density at radius 3 is 0.731 bits per heavy atom. The molecule has 7 heterocycles. The van der Waals surface area contributed by atoms with Gasteiger partial charge in [0.1, 0.15) is 171 Å². The summed E-state index contributed by atoms with van der Waals surface area (Å²) in [7, 11) is 0. The SMILES string of the molecule is OC[C@H]1O[C@H](OC[C@H]2O[C@H](OC[C@H]3O[C@H](OC[C@H]4O[C@H](OC[C@H]5O[C@H](OC[C@H]6O[C@H](O[C@]7(CO)O[C@H](CO)[C@@H](O)[C@@H]7O)[C@H](O)[C@@H](O)[C@@H]6O)[C@H](O)[C@@H](O)[C@H]5O)[C@H](O)[C@@H](O)[C@H]4O)[C@H](O)[C@@H](O)[C@H]3O)[C@H](O)[C@@H](O)[C@H]2O)[C@H](O)[C@@H](O)[C@H]1O. The molecule has 7 aliphatic heterocycles. The Bertz CT molecular complexity index is 1830. The molecule has 7 fully saturated rings. The number of aliphatic hydroxyl groups excluding tert-OH is 23. The number of ether oxygens (including phenoxy) is 13. The Morgan fingerprint density at radius 2 is 0.487 bits per heavy atom. The van der Waals surface area contributed by atoms with E-state index >= 15 is 0 Å². The van der Waals surface area contributed by atoms with Gasteiger partial charge >= 0.3 is 0 Å². The molecule has 7 rings (SSSR count). The molecule has 7 saturated heterocycles. The zero-order valence-electron chi connectivity index (χ0n) is 40.8. The van der Waals surface area contributed by atoms with E-state index in [4.69, 9.17) is 61.6 Å². The van der Waals surface area contributed by atoms with Crippen LogP contribution >= 0.6 is 0 Å². The lowest BCUT2D eigenvalue weighted by Crippen LogP contribution is -2.64. The predicted molar refractivity (Wildman–Crippen MR) is 232 cm³/mol. The van der Waals surface area contributed by atoms with Crippen LogP contribution in [0.3, 0.4) is 0 Å². The Balaban J connectivity index is 0.913. The maximum absolute atomic E-state index is 10.8. The van der Waals surface area contributed by atoms with Gasteiger partial charge in [0.2, 0.25) is 5.79 Å². The van der Waals surface area contributed by atoms with Crippen LogP contribution < -0.4 is 0 Å². The lowest BCUT2D eigenvalue weighted by Gasteiger charge is -2.45. The predicted octanol–water partition coefficient (Wildman–Crippen LogP) is -16.3. The van der Waals surface area contributed by atoms with Crippen molar-refractivity contribution in [3.8, 4) is 0 Å². The van der Waals surface area contributed by atoms with E-state index < -0.39 is 261 Å². The van der Waals surface area contributed by atoms with E-state index in [1.54, 1.807) is 0 Å². The number of aliphatic hydroxyl groups is 23. The molecule has 0 unspecified atom stereocenters. The van der Waals surface area contributed by atoms with Crippen LogP contribution in [0, 0.1) is 0 Å². The maximum atomic E-state index is 10.8. The van der Waals surface area contributed by atoms with E-state index in [1.807, 2.05) is 0 Å². The van der Waals surface area contributed by atoms with Gasteiger partial charge < -0.3 is 179 Å². The van der Waals surface area contributed by atoms with E-state index in [1.165, 1.54) is 0 Å². The van der Waals surface area contributed by atoms with E-state index in [0.29, 0.717) is 0 Å². The highest BCUT2D eigenvalue weighted by molar-refractivity contribution is 5.00. The summed E-state index contributed by atoms with van der Waals surface area (Å²) >= 11 is 0. The summed E-state index contributed by atoms with van der Waals surface area (Å²) in [4.78, 5) is 0. The summed E-state index contributed by atoms with van der Waals surface area (Å²) in [6.45, 7) is -6.88. The van der Waals surface area contributed by atoms with Gasteiger partial charge in [0.05, 0.1) is 46.2 Å². The van der Waals surface area contributed by atoms with Crippen LogP contribution in [0.2, 0.25) is 0 Å². The molecule has 0 aromatic carbocycles. The highest BCUT2D eigenvalue weighted by atomic mass is 16.8. The molecule has 0 aromatic heterocycles. The summed E-state index contributed by atoms with van der Waals surface area (Å²) < 4.78 is 71.4. The normalized spacial score (nSPS) is 53.3. The number of rotatable bonds is 20. The first-order valence-corrected chi connectivity index (χ1v) is 24.6. The second-order valence-electron chi connectivity index (χ2n) is 19.8. The van der Waals surface area contributed by atoms with Crippen LogP contribution in [-0.2, 0) is 61.6 Å². The Morgan fingerprint density at radius 1 is 0.256 bits per heavy atom. The number of hydrogen-bond donors (Lipinski definition) is 23. The Hall–Kier alpha value is -1.44. The molecule has 0 bridgehead atoms. The zero-order valence-corrected chi connectivity index (χ0v) is 40.8. The fraction of sp³-hybridized carbons (Fsp3) is 1.00. The third-order valence-corrected chi connectivity index (χ3v) is 14.5. The van der Waals surface area contributed by atoms with Crippen LogP contribution in [0.15, 0.2) is 0 Å². The zero-order chi connectivity index (χ0) is 57.4. The maximum Gasteiger partial charge on any atom is 0.224 e. The molecule has 78 heavy (non-hydrogen) atoms. The molecule has 0 saturated carbocycles. The van der Waals surface area contributed by atoms with Gasteiger partial charge in [-0.25, -0.2) is 0 Å². The summed E-state index contributed by atoms with van der Waals surface area (Å²) in [6, 6.07) is 0. The first kappa shape index (κ1) is 64.1. The van der Waals surface area contributed by atoms with Crippen LogP contribution in [-0.4, -0.2) is 379 Å². The minimum absolute atomic E-state index is 0.715. The molecule has 0 radical (unpaired) electrons. The molecule has 36 heteroatoms. The van der Waals surface area contributed by atoms with E-state index in [-0.39, 0.29) is 0 Å². The second-order valence-corrected chi connectivity index (χ2v) is 19.8. The van der Waals surface area contributed by atoms with Crippen molar-refractivity contribution in [3.05, 3.63) is 0 Å². The molecule has 0 aromatic rings. The first-order chi connectivity index (χ1) is 36.8. The standard InChI is InChI=1S/C42H72O36/c43-1-9-16(46)23(53)29(59)36(71-9)66-3-11-17(47)24(54)30(60)37(72-11)67-4-12-18(48)25(55)31(61)38(73-12)68-5-13-19(49)26(56)32(62)39(74-13)69-6-14-20(50)27(57)33(63)40(75-14)70-7-15-21(51)28(58)34(64)41(76-15)78-42(8-45)35(65)22(52)10(2-44)77-42/h9-41,43-65H,1-8H2/t9-,10-,11-,12-,13-,14-,15-,16+,17+,18+,19+,20+,21-,22-,23+,24+,25+,26+,27+,28+,29-,30-,31-,32-,33-,34-,35+,36+,37+,38+,39+,40+,41-,42+/m1/s1. The van der Waals surface area contributed by atoms with Crippen molar-refractivity contribution in [3.63, 3.8) is 0 Å². The average molecular weight is 1150 g/mol. The third-order valence-electron chi connectivity index (χ3n) is 14.5. The molecule has 0 spiro atoms. The van der Waals surface area contributed by atoms with Gasteiger partial charge in [0.15, 0.2) is 37.7 Å². The van der Waals surface area contributed by atoms with Gasteiger partial charge in [-0.2, -0.15) is 0 Å². The summed E-state index contributed by atoms with van der Waals surface area (Å²) in [5, 5.41) is 241. The highest BCUT2D eigenvalue weighted by Gasteiger charge is 2.59. The molecule has 7 aliphatic rings. The van der Waals surface area contributed by atoms with Crippen LogP contribution in [0.1, 0.15) is 0 Å².